The van der Waals surface area contributed by atoms with E-state index in [1.165, 1.54) is 40.1 Å². The van der Waals surface area contributed by atoms with E-state index in [1.807, 2.05) is 27.7 Å². The predicted molar refractivity (Wildman–Crippen MR) is 224 cm³/mol. The standard InChI is InChI=1S/C35H29N3.C8H16.2C2H6/c1-36-35(24-38(2)27-14-9-13-26(23-27)34-19-7-8-22-37-34)33-21-20-32(30-16-5-6-17-31(30)33)29-18-10-12-25-11-3-4-15-28(25)29;1-4-5-8-6(2)7(8)3;2*1-2/h3-21,23-24,37H,1,22H2,2H3;6-8H,4-5H2,1-3H3;2*1-2H3/b35-24-;;;. The smallest absolute Gasteiger partial charge is 0.0862 e. The molecule has 0 radical (unpaired) electrons. The second-order valence-corrected chi connectivity index (χ2v) is 12.6. The molecule has 1 saturated carbocycles. The number of nitrogens with zero attached hydrogens (tertiary/aromatic N) is 2. The summed E-state index contributed by atoms with van der Waals surface area (Å²) in [6.45, 7) is 19.8. The number of dihydropyridines is 1. The molecule has 50 heavy (non-hydrogen) atoms. The van der Waals surface area contributed by atoms with Crippen LogP contribution >= 0.6 is 0 Å². The lowest BCUT2D eigenvalue weighted by Gasteiger charge is -2.19. The van der Waals surface area contributed by atoms with Gasteiger partial charge in [0.05, 0.1) is 5.70 Å². The van der Waals surface area contributed by atoms with Crippen molar-refractivity contribution in [3.05, 3.63) is 139 Å². The van der Waals surface area contributed by atoms with E-state index in [-0.39, 0.29) is 0 Å². The maximum atomic E-state index is 4.48. The Hall–Kier alpha value is -4.89. The maximum Gasteiger partial charge on any atom is 0.0862 e. The lowest BCUT2D eigenvalue weighted by atomic mass is 9.91. The van der Waals surface area contributed by atoms with Gasteiger partial charge in [-0.1, -0.05) is 164 Å². The fourth-order valence-electron chi connectivity index (χ4n) is 6.85. The quantitative estimate of drug-likeness (QED) is 0.167. The number of allylic oxidation sites excluding steroid dienone is 2. The number of benzene rings is 5. The Morgan fingerprint density at radius 3 is 2.08 bits per heavy atom. The molecule has 1 N–H and O–H groups in total. The first-order valence-corrected chi connectivity index (χ1v) is 18.6. The SMILES string of the molecule is C=N/C(=C\N(C)c1cccc(C2=CC=CCN2)c1)c1ccc(-c2cccc3ccccc23)c2ccccc12.CC.CC.CCCC1C(C)C1C. The van der Waals surface area contributed by atoms with Crippen molar-refractivity contribution in [2.45, 2.75) is 61.3 Å². The summed E-state index contributed by atoms with van der Waals surface area (Å²) in [7, 11) is 2.06. The monoisotopic (exact) mass is 663 g/mol. The van der Waals surface area contributed by atoms with Crippen molar-refractivity contribution in [1.29, 1.82) is 0 Å². The van der Waals surface area contributed by atoms with E-state index >= 15 is 0 Å². The molecule has 3 heteroatoms. The van der Waals surface area contributed by atoms with Crippen LogP contribution < -0.4 is 10.2 Å². The van der Waals surface area contributed by atoms with Gasteiger partial charge in [0.15, 0.2) is 0 Å². The first kappa shape index (κ1) is 37.9. The lowest BCUT2D eigenvalue weighted by Crippen LogP contribution is -2.15. The van der Waals surface area contributed by atoms with E-state index < -0.39 is 0 Å². The number of anilines is 1. The van der Waals surface area contributed by atoms with Crippen LogP contribution in [0.15, 0.2) is 133 Å². The largest absolute Gasteiger partial charge is 0.381 e. The molecule has 1 aliphatic carbocycles. The summed E-state index contributed by atoms with van der Waals surface area (Å²) in [6.07, 6.45) is 11.2. The molecule has 260 valence electrons. The Kier molecular flexibility index (Phi) is 14.2. The predicted octanol–water partition coefficient (Wildman–Crippen LogP) is 13.0. The average Bonchev–Trinajstić information content (AvgIpc) is 3.77. The van der Waals surface area contributed by atoms with Gasteiger partial charge >= 0.3 is 0 Å². The molecule has 5 aromatic carbocycles. The zero-order chi connectivity index (χ0) is 36.0. The fourth-order valence-corrected chi connectivity index (χ4v) is 6.85. The van der Waals surface area contributed by atoms with Crippen LogP contribution in [0.25, 0.3) is 44.1 Å². The maximum absolute atomic E-state index is 4.48. The van der Waals surface area contributed by atoms with Gasteiger partial charge in [-0.2, -0.15) is 0 Å². The van der Waals surface area contributed by atoms with Crippen LogP contribution in [0.1, 0.15) is 72.4 Å². The summed E-state index contributed by atoms with van der Waals surface area (Å²) in [5.74, 6) is 3.16. The third kappa shape index (κ3) is 8.82. The van der Waals surface area contributed by atoms with Crippen LogP contribution in [0.2, 0.25) is 0 Å². The summed E-state index contributed by atoms with van der Waals surface area (Å²) in [4.78, 5) is 6.59. The number of aliphatic imine (C=N–C) groups is 1. The summed E-state index contributed by atoms with van der Waals surface area (Å²) >= 11 is 0. The van der Waals surface area contributed by atoms with Gasteiger partial charge in [-0.25, -0.2) is 0 Å². The van der Waals surface area contributed by atoms with E-state index in [2.05, 4.69) is 177 Å². The fraction of sp³-hybridized carbons (Fsp3) is 0.298. The number of fused-ring (bicyclic) bond motifs is 2. The second-order valence-electron chi connectivity index (χ2n) is 12.6. The summed E-state index contributed by atoms with van der Waals surface area (Å²) in [5, 5.41) is 8.29. The molecule has 0 spiro atoms. The molecule has 1 heterocycles. The Labute approximate surface area is 302 Å². The third-order valence-corrected chi connectivity index (χ3v) is 9.80. The molecule has 0 saturated heterocycles. The molecule has 0 bridgehead atoms. The van der Waals surface area contributed by atoms with Gasteiger partial charge in [-0.15, -0.1) is 0 Å². The first-order chi connectivity index (χ1) is 24.5. The second kappa shape index (κ2) is 18.8. The van der Waals surface area contributed by atoms with Crippen molar-refractivity contribution in [3.8, 4) is 11.1 Å². The van der Waals surface area contributed by atoms with Crippen LogP contribution in [0.3, 0.4) is 0 Å². The third-order valence-electron chi connectivity index (χ3n) is 9.80. The molecule has 0 amide bonds. The van der Waals surface area contributed by atoms with Gasteiger partial charge in [0.25, 0.3) is 0 Å². The van der Waals surface area contributed by atoms with Crippen molar-refractivity contribution in [2.75, 3.05) is 18.5 Å². The molecule has 5 aromatic rings. The average molecular weight is 664 g/mol. The zero-order valence-electron chi connectivity index (χ0n) is 31.6. The molecule has 1 fully saturated rings. The highest BCUT2D eigenvalue weighted by Crippen LogP contribution is 2.48. The highest BCUT2D eigenvalue weighted by atomic mass is 15.1. The van der Waals surface area contributed by atoms with Crippen LogP contribution in [0, 0.1) is 17.8 Å². The van der Waals surface area contributed by atoms with Crippen LogP contribution in [-0.2, 0) is 0 Å². The van der Waals surface area contributed by atoms with Crippen molar-refractivity contribution in [1.82, 2.24) is 5.32 Å². The number of nitrogens with one attached hydrogen (secondary N) is 1. The van der Waals surface area contributed by atoms with Crippen molar-refractivity contribution < 1.29 is 0 Å². The van der Waals surface area contributed by atoms with E-state index in [0.29, 0.717) is 0 Å². The lowest BCUT2D eigenvalue weighted by molar-refractivity contribution is 0.642. The van der Waals surface area contributed by atoms with Gasteiger partial charge in [0, 0.05) is 36.7 Å². The number of rotatable bonds is 8. The minimum absolute atomic E-state index is 0.830. The number of hydrogen-bond donors (Lipinski definition) is 1. The highest BCUT2D eigenvalue weighted by Gasteiger charge is 2.41. The molecule has 1 aliphatic heterocycles. The van der Waals surface area contributed by atoms with E-state index in [4.69, 9.17) is 0 Å². The molecule has 7 rings (SSSR count). The molecule has 2 unspecified atom stereocenters. The van der Waals surface area contributed by atoms with E-state index in [9.17, 15) is 0 Å². The van der Waals surface area contributed by atoms with Gasteiger partial charge < -0.3 is 10.2 Å². The molecule has 2 atom stereocenters. The van der Waals surface area contributed by atoms with Gasteiger partial charge in [-0.3, -0.25) is 4.99 Å². The van der Waals surface area contributed by atoms with Crippen LogP contribution in [0.5, 0.6) is 0 Å². The van der Waals surface area contributed by atoms with Crippen LogP contribution in [-0.4, -0.2) is 20.3 Å². The summed E-state index contributed by atoms with van der Waals surface area (Å²) in [5.41, 5.74) is 7.71. The molecule has 2 aliphatic rings. The molecular formula is C47H57N3. The highest BCUT2D eigenvalue weighted by molar-refractivity contribution is 6.08. The molecule has 0 aromatic heterocycles. The summed E-state index contributed by atoms with van der Waals surface area (Å²) < 4.78 is 0. The zero-order valence-corrected chi connectivity index (χ0v) is 31.6. The Morgan fingerprint density at radius 2 is 1.44 bits per heavy atom. The van der Waals surface area contributed by atoms with Crippen LogP contribution in [0.4, 0.5) is 5.69 Å². The molecular weight excluding hydrogens is 607 g/mol. The number of hydrogen-bond acceptors (Lipinski definition) is 3. The van der Waals surface area contributed by atoms with Gasteiger partial charge in [-0.05, 0) is 80.9 Å². The normalized spacial score (nSPS) is 17.5. The summed E-state index contributed by atoms with van der Waals surface area (Å²) in [6, 6.07) is 36.5. The van der Waals surface area contributed by atoms with Gasteiger partial charge in [0.1, 0.15) is 0 Å². The van der Waals surface area contributed by atoms with E-state index in [0.717, 1.165) is 57.9 Å². The minimum atomic E-state index is 0.830. The van der Waals surface area contributed by atoms with E-state index in [1.54, 1.807) is 0 Å². The van der Waals surface area contributed by atoms with Gasteiger partial charge in [0.2, 0.25) is 0 Å². The Bertz CT molecular complexity index is 1930. The topological polar surface area (TPSA) is 27.6 Å². The Morgan fingerprint density at radius 1 is 0.800 bits per heavy atom. The minimum Gasteiger partial charge on any atom is -0.381 e. The Balaban J connectivity index is 0.000000404. The first-order valence-electron chi connectivity index (χ1n) is 18.6. The molecule has 3 nitrogen and oxygen atoms in total. The van der Waals surface area contributed by atoms with Crippen molar-refractivity contribution in [2.24, 2.45) is 22.7 Å². The van der Waals surface area contributed by atoms with Crippen molar-refractivity contribution in [3.63, 3.8) is 0 Å². The van der Waals surface area contributed by atoms with Crippen molar-refractivity contribution >= 4 is 45.3 Å².